The molecule has 1 heterocycles. The van der Waals surface area contributed by atoms with Crippen LogP contribution in [-0.4, -0.2) is 47.7 Å². The van der Waals surface area contributed by atoms with E-state index in [-0.39, 0.29) is 24.0 Å². The summed E-state index contributed by atoms with van der Waals surface area (Å²) >= 11 is 0. The van der Waals surface area contributed by atoms with Crippen molar-refractivity contribution in [3.05, 3.63) is 0 Å². The van der Waals surface area contributed by atoms with Crippen LogP contribution >= 0.6 is 0 Å². The molecule has 0 aromatic rings. The van der Waals surface area contributed by atoms with Gasteiger partial charge in [0.1, 0.15) is 5.60 Å². The van der Waals surface area contributed by atoms with Crippen LogP contribution in [0.4, 0.5) is 4.79 Å². The van der Waals surface area contributed by atoms with Crippen LogP contribution in [0, 0.1) is 5.92 Å². The van der Waals surface area contributed by atoms with Crippen molar-refractivity contribution >= 4 is 12.0 Å². The SMILES string of the molecule is CC(C)[C@H](N)C(=O)N[C@H]1CCN(C(=O)OC(C)(C)C)C1. The molecule has 20 heavy (non-hydrogen) atoms. The van der Waals surface area contributed by atoms with E-state index in [2.05, 4.69) is 5.32 Å². The second-order valence-electron chi connectivity index (χ2n) is 6.69. The number of carbonyl (C=O) groups excluding carboxylic acids is 2. The van der Waals surface area contributed by atoms with E-state index >= 15 is 0 Å². The number of nitrogens with two attached hydrogens (primary N) is 1. The van der Waals surface area contributed by atoms with Crippen LogP contribution in [0.1, 0.15) is 41.0 Å². The minimum absolute atomic E-state index is 0.0418. The summed E-state index contributed by atoms with van der Waals surface area (Å²) in [6, 6.07) is -0.551. The minimum atomic E-state index is -0.509. The molecule has 0 spiro atoms. The normalized spacial score (nSPS) is 20.9. The van der Waals surface area contributed by atoms with Gasteiger partial charge in [0, 0.05) is 19.1 Å². The van der Waals surface area contributed by atoms with Crippen molar-refractivity contribution in [2.24, 2.45) is 11.7 Å². The Labute approximate surface area is 121 Å². The van der Waals surface area contributed by atoms with Crippen molar-refractivity contribution < 1.29 is 14.3 Å². The Balaban J connectivity index is 2.44. The maximum atomic E-state index is 11.9. The Morgan fingerprint density at radius 1 is 1.35 bits per heavy atom. The molecule has 1 rings (SSSR count). The first kappa shape index (κ1) is 16.8. The highest BCUT2D eigenvalue weighted by Gasteiger charge is 2.31. The van der Waals surface area contributed by atoms with Crippen molar-refractivity contribution in [2.45, 2.75) is 58.7 Å². The predicted octanol–water partition coefficient (Wildman–Crippen LogP) is 1.10. The molecule has 0 saturated carbocycles. The van der Waals surface area contributed by atoms with Crippen molar-refractivity contribution in [1.82, 2.24) is 10.2 Å². The van der Waals surface area contributed by atoms with E-state index < -0.39 is 11.6 Å². The van der Waals surface area contributed by atoms with E-state index in [1.54, 1.807) is 4.90 Å². The Bertz CT molecular complexity index is 363. The summed E-state index contributed by atoms with van der Waals surface area (Å²) in [5.74, 6) is -0.0607. The lowest BCUT2D eigenvalue weighted by molar-refractivity contribution is -0.123. The van der Waals surface area contributed by atoms with Gasteiger partial charge in [-0.3, -0.25) is 4.79 Å². The standard InChI is InChI=1S/C14H27N3O3/c1-9(2)11(15)12(18)16-10-6-7-17(8-10)13(19)20-14(3,4)5/h9-11H,6-8,15H2,1-5H3,(H,16,18)/t10-,11-/m0/s1. The van der Waals surface area contributed by atoms with Gasteiger partial charge in [-0.1, -0.05) is 13.8 Å². The number of ether oxygens (including phenoxy) is 1. The average molecular weight is 285 g/mol. The van der Waals surface area contributed by atoms with Gasteiger partial charge in [-0.2, -0.15) is 0 Å². The summed E-state index contributed by atoms with van der Waals surface area (Å²) in [6.07, 6.45) is 0.401. The van der Waals surface area contributed by atoms with E-state index in [0.29, 0.717) is 13.1 Å². The third kappa shape index (κ3) is 5.00. The molecule has 0 aromatic heterocycles. The third-order valence-electron chi connectivity index (χ3n) is 3.21. The van der Waals surface area contributed by atoms with E-state index in [4.69, 9.17) is 10.5 Å². The number of carbonyl (C=O) groups is 2. The average Bonchev–Trinajstić information content (AvgIpc) is 2.74. The Morgan fingerprint density at radius 2 is 1.95 bits per heavy atom. The zero-order valence-corrected chi connectivity index (χ0v) is 13.1. The molecule has 1 fully saturated rings. The molecule has 6 heteroatoms. The molecule has 2 atom stereocenters. The smallest absolute Gasteiger partial charge is 0.410 e. The zero-order valence-electron chi connectivity index (χ0n) is 13.1. The molecule has 0 aromatic carbocycles. The van der Waals surface area contributed by atoms with Crippen LogP contribution < -0.4 is 11.1 Å². The number of amides is 2. The topological polar surface area (TPSA) is 84.7 Å². The summed E-state index contributed by atoms with van der Waals surface area (Å²) in [4.78, 5) is 25.4. The summed E-state index contributed by atoms with van der Waals surface area (Å²) in [5.41, 5.74) is 5.30. The van der Waals surface area contributed by atoms with Gasteiger partial charge >= 0.3 is 6.09 Å². The summed E-state index contributed by atoms with van der Waals surface area (Å²) in [6.45, 7) is 10.4. The number of nitrogens with zero attached hydrogens (tertiary/aromatic N) is 1. The molecule has 0 bridgehead atoms. The summed E-state index contributed by atoms with van der Waals surface area (Å²) in [7, 11) is 0. The molecular formula is C14H27N3O3. The maximum Gasteiger partial charge on any atom is 0.410 e. The molecule has 1 aliphatic heterocycles. The van der Waals surface area contributed by atoms with Gasteiger partial charge in [-0.25, -0.2) is 4.79 Å². The lowest BCUT2D eigenvalue weighted by Crippen LogP contribution is -2.48. The highest BCUT2D eigenvalue weighted by atomic mass is 16.6. The Morgan fingerprint density at radius 3 is 2.45 bits per heavy atom. The third-order valence-corrected chi connectivity index (χ3v) is 3.21. The maximum absolute atomic E-state index is 11.9. The fourth-order valence-corrected chi connectivity index (χ4v) is 1.97. The lowest BCUT2D eigenvalue weighted by Gasteiger charge is -2.24. The fourth-order valence-electron chi connectivity index (χ4n) is 1.97. The number of rotatable bonds is 3. The highest BCUT2D eigenvalue weighted by Crippen LogP contribution is 2.15. The van der Waals surface area contributed by atoms with Gasteiger partial charge in [0.05, 0.1) is 6.04 Å². The van der Waals surface area contributed by atoms with Crippen LogP contribution in [-0.2, 0) is 9.53 Å². The van der Waals surface area contributed by atoms with Crippen LogP contribution in [0.5, 0.6) is 0 Å². The van der Waals surface area contributed by atoms with E-state index in [1.165, 1.54) is 0 Å². The van der Waals surface area contributed by atoms with Crippen LogP contribution in [0.25, 0.3) is 0 Å². The lowest BCUT2D eigenvalue weighted by atomic mass is 10.0. The Hall–Kier alpha value is -1.30. The Kier molecular flexibility index (Phi) is 5.39. The molecule has 6 nitrogen and oxygen atoms in total. The first-order valence-corrected chi connectivity index (χ1v) is 7.14. The number of hydrogen-bond acceptors (Lipinski definition) is 4. The van der Waals surface area contributed by atoms with E-state index in [9.17, 15) is 9.59 Å². The van der Waals surface area contributed by atoms with Crippen LogP contribution in [0.15, 0.2) is 0 Å². The molecule has 0 aliphatic carbocycles. The van der Waals surface area contributed by atoms with Gasteiger partial charge in [0.2, 0.25) is 5.91 Å². The van der Waals surface area contributed by atoms with Crippen molar-refractivity contribution in [3.8, 4) is 0 Å². The van der Waals surface area contributed by atoms with Crippen LogP contribution in [0.3, 0.4) is 0 Å². The number of likely N-dealkylation sites (tertiary alicyclic amines) is 1. The molecule has 0 unspecified atom stereocenters. The van der Waals surface area contributed by atoms with Crippen molar-refractivity contribution in [3.63, 3.8) is 0 Å². The molecule has 1 saturated heterocycles. The molecular weight excluding hydrogens is 258 g/mol. The molecule has 3 N–H and O–H groups in total. The van der Waals surface area contributed by atoms with Gasteiger partial charge in [0.25, 0.3) is 0 Å². The van der Waals surface area contributed by atoms with Gasteiger partial charge in [-0.15, -0.1) is 0 Å². The monoisotopic (exact) mass is 285 g/mol. The molecule has 1 aliphatic rings. The first-order chi connectivity index (χ1) is 9.10. The fraction of sp³-hybridized carbons (Fsp3) is 0.857. The first-order valence-electron chi connectivity index (χ1n) is 7.14. The highest BCUT2D eigenvalue weighted by molar-refractivity contribution is 5.82. The largest absolute Gasteiger partial charge is 0.444 e. The van der Waals surface area contributed by atoms with Gasteiger partial charge in [-0.05, 0) is 33.1 Å². The zero-order chi connectivity index (χ0) is 15.5. The second kappa shape index (κ2) is 6.43. The van der Waals surface area contributed by atoms with Gasteiger partial charge in [0.15, 0.2) is 0 Å². The number of hydrogen-bond donors (Lipinski definition) is 2. The minimum Gasteiger partial charge on any atom is -0.444 e. The molecule has 0 radical (unpaired) electrons. The van der Waals surface area contributed by atoms with E-state index in [1.807, 2.05) is 34.6 Å². The van der Waals surface area contributed by atoms with E-state index in [0.717, 1.165) is 6.42 Å². The predicted molar refractivity (Wildman–Crippen MR) is 77.2 cm³/mol. The summed E-state index contributed by atoms with van der Waals surface area (Å²) in [5, 5.41) is 2.89. The summed E-state index contributed by atoms with van der Waals surface area (Å²) < 4.78 is 5.31. The second-order valence-corrected chi connectivity index (χ2v) is 6.69. The molecule has 2 amide bonds. The quantitative estimate of drug-likeness (QED) is 0.813. The van der Waals surface area contributed by atoms with Gasteiger partial charge < -0.3 is 20.7 Å². The molecule has 116 valence electrons. The number of nitrogens with one attached hydrogen (secondary N) is 1. The van der Waals surface area contributed by atoms with Crippen molar-refractivity contribution in [2.75, 3.05) is 13.1 Å². The van der Waals surface area contributed by atoms with Crippen molar-refractivity contribution in [1.29, 1.82) is 0 Å². The van der Waals surface area contributed by atoms with Crippen LogP contribution in [0.2, 0.25) is 0 Å².